The van der Waals surface area contributed by atoms with Crippen molar-refractivity contribution in [3.8, 4) is 56.4 Å². The molecule has 0 aliphatic rings. The van der Waals surface area contributed by atoms with Crippen molar-refractivity contribution < 1.29 is 8.83 Å². The highest BCUT2D eigenvalue weighted by Crippen LogP contribution is 2.45. The lowest BCUT2D eigenvalue weighted by atomic mass is 9.92. The predicted molar refractivity (Wildman–Crippen MR) is 219 cm³/mol. The zero-order chi connectivity index (χ0) is 35.6. The molecule has 0 atom stereocenters. The van der Waals surface area contributed by atoms with Crippen LogP contribution in [0.3, 0.4) is 0 Å². The van der Waals surface area contributed by atoms with Crippen molar-refractivity contribution in [2.24, 2.45) is 0 Å². The van der Waals surface area contributed by atoms with Crippen molar-refractivity contribution in [2.75, 3.05) is 0 Å². The number of fused-ring (bicyclic) bond motifs is 8. The van der Waals surface area contributed by atoms with Crippen LogP contribution < -0.4 is 0 Å². The van der Waals surface area contributed by atoms with Gasteiger partial charge in [-0.2, -0.15) is 0 Å². The Bertz CT molecular complexity index is 3160. The lowest BCUT2D eigenvalue weighted by Crippen LogP contribution is -2.00. The molecule has 0 spiro atoms. The number of para-hydroxylation sites is 2. The molecule has 0 saturated carbocycles. The molecule has 0 N–H and O–H groups in total. The van der Waals surface area contributed by atoms with E-state index in [-0.39, 0.29) is 0 Å². The summed E-state index contributed by atoms with van der Waals surface area (Å²) in [5.74, 6) is 1.87. The van der Waals surface area contributed by atoms with E-state index in [0.29, 0.717) is 17.5 Å². The van der Waals surface area contributed by atoms with E-state index < -0.39 is 0 Å². The molecule has 54 heavy (non-hydrogen) atoms. The van der Waals surface area contributed by atoms with Gasteiger partial charge in [0.2, 0.25) is 0 Å². The largest absolute Gasteiger partial charge is 0.455 e. The Labute approximate surface area is 309 Å². The molecular formula is C49H29N3O2. The number of nitrogens with zero attached hydrogens (tertiary/aromatic N) is 3. The van der Waals surface area contributed by atoms with Crippen LogP contribution in [0.2, 0.25) is 0 Å². The van der Waals surface area contributed by atoms with Crippen molar-refractivity contribution in [1.29, 1.82) is 0 Å². The molecule has 0 aliphatic carbocycles. The van der Waals surface area contributed by atoms with Gasteiger partial charge in [0.05, 0.1) is 0 Å². The highest BCUT2D eigenvalue weighted by molar-refractivity contribution is 6.23. The monoisotopic (exact) mass is 691 g/mol. The maximum atomic E-state index is 6.74. The Hall–Kier alpha value is -7.37. The summed E-state index contributed by atoms with van der Waals surface area (Å²) in [5, 5.41) is 6.48. The van der Waals surface area contributed by atoms with Gasteiger partial charge in [-0.25, -0.2) is 15.0 Å². The molecule has 0 aliphatic heterocycles. The average Bonchev–Trinajstić information content (AvgIpc) is 3.83. The summed E-state index contributed by atoms with van der Waals surface area (Å²) >= 11 is 0. The third-order valence-electron chi connectivity index (χ3n) is 10.3. The summed E-state index contributed by atoms with van der Waals surface area (Å²) in [4.78, 5) is 14.9. The van der Waals surface area contributed by atoms with E-state index >= 15 is 0 Å². The van der Waals surface area contributed by atoms with Crippen molar-refractivity contribution in [1.82, 2.24) is 15.0 Å². The van der Waals surface area contributed by atoms with Crippen LogP contribution in [-0.4, -0.2) is 15.0 Å². The topological polar surface area (TPSA) is 65.0 Å². The maximum Gasteiger partial charge on any atom is 0.164 e. The highest BCUT2D eigenvalue weighted by Gasteiger charge is 2.21. The summed E-state index contributed by atoms with van der Waals surface area (Å²) in [7, 11) is 0. The number of rotatable bonds is 5. The van der Waals surface area contributed by atoms with Gasteiger partial charge >= 0.3 is 0 Å². The molecule has 0 saturated heterocycles. The van der Waals surface area contributed by atoms with Gasteiger partial charge in [-0.05, 0) is 46.3 Å². The Morgan fingerprint density at radius 3 is 1.56 bits per heavy atom. The zero-order valence-corrected chi connectivity index (χ0v) is 28.9. The van der Waals surface area contributed by atoms with Crippen LogP contribution in [0.5, 0.6) is 0 Å². The number of furan rings is 2. The van der Waals surface area contributed by atoms with Crippen LogP contribution in [0.4, 0.5) is 0 Å². The first-order chi connectivity index (χ1) is 26.8. The summed E-state index contributed by atoms with van der Waals surface area (Å²) in [6.07, 6.45) is 0. The Morgan fingerprint density at radius 1 is 0.296 bits per heavy atom. The SMILES string of the molecule is c1ccc(-c2nc(-c3ccccc3)nc(-c3cccc(-c4cccc5oc6c7ccccc7c(-c7cccc8c7oc7ccccc78)cc6c45)c3)n2)cc1. The minimum Gasteiger partial charge on any atom is -0.455 e. The van der Waals surface area contributed by atoms with E-state index in [9.17, 15) is 0 Å². The first-order valence-corrected chi connectivity index (χ1v) is 18.0. The van der Waals surface area contributed by atoms with Gasteiger partial charge in [0.1, 0.15) is 22.3 Å². The molecule has 0 bridgehead atoms. The molecule has 252 valence electrons. The quantitative estimate of drug-likeness (QED) is 0.180. The Balaban J connectivity index is 1.12. The molecule has 5 heteroatoms. The second kappa shape index (κ2) is 12.1. The molecule has 0 fully saturated rings. The minimum atomic E-state index is 0.612. The third-order valence-corrected chi connectivity index (χ3v) is 10.3. The molecule has 11 aromatic rings. The van der Waals surface area contributed by atoms with Gasteiger partial charge in [-0.15, -0.1) is 0 Å². The van der Waals surface area contributed by atoms with E-state index in [1.165, 1.54) is 0 Å². The van der Waals surface area contributed by atoms with Crippen LogP contribution >= 0.6 is 0 Å². The summed E-state index contributed by atoms with van der Waals surface area (Å²) in [6, 6.07) is 60.3. The normalized spacial score (nSPS) is 11.7. The smallest absolute Gasteiger partial charge is 0.164 e. The van der Waals surface area contributed by atoms with Gasteiger partial charge in [0.15, 0.2) is 17.5 Å². The molecule has 8 aromatic carbocycles. The van der Waals surface area contributed by atoms with Gasteiger partial charge in [0, 0.05) is 49.2 Å². The average molecular weight is 692 g/mol. The molecule has 3 aromatic heterocycles. The van der Waals surface area contributed by atoms with Crippen LogP contribution in [0, 0.1) is 0 Å². The van der Waals surface area contributed by atoms with Gasteiger partial charge in [0.25, 0.3) is 0 Å². The number of aromatic nitrogens is 3. The molecule has 0 unspecified atom stereocenters. The van der Waals surface area contributed by atoms with Crippen LogP contribution in [0.15, 0.2) is 185 Å². The fourth-order valence-electron chi connectivity index (χ4n) is 7.83. The van der Waals surface area contributed by atoms with Crippen LogP contribution in [-0.2, 0) is 0 Å². The van der Waals surface area contributed by atoms with Crippen molar-refractivity contribution in [3.63, 3.8) is 0 Å². The summed E-state index contributed by atoms with van der Waals surface area (Å²) in [5.41, 5.74) is 10.5. The van der Waals surface area contributed by atoms with E-state index in [0.717, 1.165) is 93.6 Å². The van der Waals surface area contributed by atoms with Gasteiger partial charge in [-0.3, -0.25) is 0 Å². The highest BCUT2D eigenvalue weighted by atomic mass is 16.3. The van der Waals surface area contributed by atoms with Crippen molar-refractivity contribution in [3.05, 3.63) is 176 Å². The van der Waals surface area contributed by atoms with E-state index in [4.69, 9.17) is 23.8 Å². The molecule has 0 amide bonds. The molecule has 5 nitrogen and oxygen atoms in total. The first kappa shape index (κ1) is 30.3. The Morgan fingerprint density at radius 2 is 0.796 bits per heavy atom. The van der Waals surface area contributed by atoms with Gasteiger partial charge < -0.3 is 8.83 Å². The number of benzene rings is 8. The minimum absolute atomic E-state index is 0.612. The summed E-state index contributed by atoms with van der Waals surface area (Å²) in [6.45, 7) is 0. The van der Waals surface area contributed by atoms with E-state index in [1.54, 1.807) is 0 Å². The number of hydrogen-bond donors (Lipinski definition) is 0. The predicted octanol–water partition coefficient (Wildman–Crippen LogP) is 13.2. The van der Waals surface area contributed by atoms with Crippen LogP contribution in [0.1, 0.15) is 0 Å². The molecule has 11 rings (SSSR count). The lowest BCUT2D eigenvalue weighted by Gasteiger charge is -2.11. The second-order valence-electron chi connectivity index (χ2n) is 13.5. The summed E-state index contributed by atoms with van der Waals surface area (Å²) < 4.78 is 13.3. The fourth-order valence-corrected chi connectivity index (χ4v) is 7.83. The van der Waals surface area contributed by atoms with Crippen molar-refractivity contribution >= 4 is 54.6 Å². The third kappa shape index (κ3) is 4.83. The maximum absolute atomic E-state index is 6.74. The molecule has 3 heterocycles. The van der Waals surface area contributed by atoms with Crippen molar-refractivity contribution in [2.45, 2.75) is 0 Å². The standard InChI is InChI=1S/C49H29N3O2/c1-3-14-30(15-4-1)47-50-48(31-16-5-2-6-17-31)52-49(51-47)33-19-11-18-32(28-33)34-23-13-27-43-44(34)41-29-40(35-20-7-8-22-37(35)46(41)54-43)39-25-12-24-38-36-21-9-10-26-42(36)53-45(38)39/h1-29H. The van der Waals surface area contributed by atoms with E-state index in [1.807, 2.05) is 72.8 Å². The number of hydrogen-bond acceptors (Lipinski definition) is 5. The first-order valence-electron chi connectivity index (χ1n) is 18.0. The second-order valence-corrected chi connectivity index (χ2v) is 13.5. The molecule has 0 radical (unpaired) electrons. The fraction of sp³-hybridized carbons (Fsp3) is 0. The Kier molecular flexibility index (Phi) is 6.79. The lowest BCUT2D eigenvalue weighted by molar-refractivity contribution is 0.670. The van der Waals surface area contributed by atoms with Gasteiger partial charge in [-0.1, -0.05) is 152 Å². The zero-order valence-electron chi connectivity index (χ0n) is 28.9. The molecular weight excluding hydrogens is 663 g/mol. The van der Waals surface area contributed by atoms with Crippen LogP contribution in [0.25, 0.3) is 111 Å². The van der Waals surface area contributed by atoms with E-state index in [2.05, 4.69) is 103 Å².